The highest BCUT2D eigenvalue weighted by molar-refractivity contribution is 8.04. The van der Waals surface area contributed by atoms with Gasteiger partial charge in [-0.3, -0.25) is 9.11 Å². The minimum absolute atomic E-state index is 0.273. The molecule has 4 heterocycles. The average molecular weight is 1100 g/mol. The Hall–Kier alpha value is -5.73. The van der Waals surface area contributed by atoms with Gasteiger partial charge in [-0.2, -0.15) is 21.4 Å². The van der Waals surface area contributed by atoms with E-state index < -0.39 is 20.2 Å². The quantitative estimate of drug-likeness (QED) is 0.0271. The monoisotopic (exact) mass is 1100 g/mol. The van der Waals surface area contributed by atoms with E-state index >= 15 is 0 Å². The Balaban J connectivity index is 0.704. The number of fused-ring (bicyclic) bond motifs is 8. The van der Waals surface area contributed by atoms with E-state index in [0.29, 0.717) is 65.8 Å². The van der Waals surface area contributed by atoms with E-state index in [0.717, 1.165) is 80.9 Å². The summed E-state index contributed by atoms with van der Waals surface area (Å²) in [5.41, 5.74) is 10.2. The van der Waals surface area contributed by atoms with Crippen molar-refractivity contribution in [2.24, 2.45) is 0 Å². The Morgan fingerprint density at radius 3 is 2.03 bits per heavy atom. The molecule has 18 heteroatoms. The summed E-state index contributed by atoms with van der Waals surface area (Å²) in [6.07, 6.45) is 11.6. The summed E-state index contributed by atoms with van der Waals surface area (Å²) in [7, 11) is -8.17. The van der Waals surface area contributed by atoms with Crippen molar-refractivity contribution in [1.82, 2.24) is 0 Å². The third kappa shape index (κ3) is 12.9. The highest BCUT2D eigenvalue weighted by Crippen LogP contribution is 2.49. The molecule has 7 aromatic rings. The van der Waals surface area contributed by atoms with Crippen LogP contribution in [0.1, 0.15) is 23.4 Å². The topological polar surface area (TPSA) is 150 Å². The van der Waals surface area contributed by atoms with Gasteiger partial charge in [0.15, 0.2) is 6.54 Å². The van der Waals surface area contributed by atoms with Gasteiger partial charge in [0.1, 0.15) is 9.73 Å². The molecule has 0 atom stereocenters. The number of thioether (sulfide) groups is 2. The Bertz CT molecular complexity index is 3630. The lowest BCUT2D eigenvalue weighted by molar-refractivity contribution is -0.667. The van der Waals surface area contributed by atoms with Crippen LogP contribution in [0.4, 0.5) is 17.1 Å². The molecular weight excluding hydrogens is 1040 g/mol. The molecular formula is C57H57N4O9S5+. The third-order valence-corrected chi connectivity index (χ3v) is 18.0. The highest BCUT2D eigenvalue weighted by Gasteiger charge is 2.29. The number of ether oxygens (including phenoxy) is 3. The third-order valence-electron chi connectivity index (χ3n) is 13.0. The first kappa shape index (κ1) is 52.7. The fourth-order valence-electron chi connectivity index (χ4n) is 9.67. The van der Waals surface area contributed by atoms with Crippen LogP contribution in [-0.2, 0) is 47.4 Å². The number of thiazole rings is 1. The smallest absolute Gasteiger partial charge is 0.265 e. The van der Waals surface area contributed by atoms with Crippen LogP contribution >= 0.6 is 34.9 Å². The molecule has 0 radical (unpaired) electrons. The summed E-state index contributed by atoms with van der Waals surface area (Å²) in [5.74, 6) is -0.617. The van der Waals surface area contributed by atoms with Crippen LogP contribution in [-0.4, -0.2) is 96.7 Å². The van der Waals surface area contributed by atoms with Crippen molar-refractivity contribution in [2.75, 3.05) is 85.5 Å². The summed E-state index contributed by atoms with van der Waals surface area (Å²) in [6, 6.07) is 41.5. The van der Waals surface area contributed by atoms with Crippen LogP contribution in [0.15, 0.2) is 177 Å². The van der Waals surface area contributed by atoms with Gasteiger partial charge in [-0.05, 0) is 77.4 Å². The molecule has 3 aliphatic heterocycles. The van der Waals surface area contributed by atoms with Crippen LogP contribution in [0.2, 0.25) is 0 Å². The van der Waals surface area contributed by atoms with Gasteiger partial charge < -0.3 is 28.9 Å². The first-order valence-corrected chi connectivity index (χ1v) is 30.5. The van der Waals surface area contributed by atoms with Crippen molar-refractivity contribution >= 4 is 110 Å². The van der Waals surface area contributed by atoms with Crippen LogP contribution in [0.3, 0.4) is 0 Å². The van der Waals surface area contributed by atoms with Crippen molar-refractivity contribution in [2.45, 2.75) is 35.6 Å². The maximum absolute atomic E-state index is 11.6. The number of hydrogen-bond donors (Lipinski definition) is 2. The summed E-state index contributed by atoms with van der Waals surface area (Å²) in [5, 5.41) is 7.33. The molecule has 75 heavy (non-hydrogen) atoms. The molecule has 0 unspecified atom stereocenters. The van der Waals surface area contributed by atoms with Gasteiger partial charge in [0.05, 0.1) is 72.9 Å². The van der Waals surface area contributed by atoms with Crippen LogP contribution in [0.5, 0.6) is 0 Å². The molecule has 13 nitrogen and oxygen atoms in total. The fraction of sp³-hybridized carbons (Fsp3) is 0.263. The van der Waals surface area contributed by atoms with E-state index in [9.17, 15) is 25.9 Å². The molecule has 0 amide bonds. The highest BCUT2D eigenvalue weighted by atomic mass is 32.2. The number of aryl methyl sites for hydroxylation is 1. The zero-order valence-electron chi connectivity index (χ0n) is 41.1. The van der Waals surface area contributed by atoms with Gasteiger partial charge in [0, 0.05) is 65.1 Å². The van der Waals surface area contributed by atoms with Gasteiger partial charge in [-0.1, -0.05) is 132 Å². The minimum Gasteiger partial charge on any atom is -0.377 e. The number of anilines is 3. The summed E-state index contributed by atoms with van der Waals surface area (Å²) in [4.78, 5) is 8.92. The van der Waals surface area contributed by atoms with Gasteiger partial charge in [0.25, 0.3) is 25.2 Å². The van der Waals surface area contributed by atoms with Gasteiger partial charge in [-0.15, -0.1) is 0 Å². The molecule has 6 aromatic carbocycles. The second-order valence-electron chi connectivity index (χ2n) is 18.0. The largest absolute Gasteiger partial charge is 0.377 e. The first-order chi connectivity index (χ1) is 36.5. The average Bonchev–Trinajstić information content (AvgIpc) is 4.16. The summed E-state index contributed by atoms with van der Waals surface area (Å²) in [6.45, 7) is 4.99. The van der Waals surface area contributed by atoms with Gasteiger partial charge in [-0.25, -0.2) is 0 Å². The number of aromatic nitrogens is 1. The lowest BCUT2D eigenvalue weighted by Crippen LogP contribution is -2.36. The predicted octanol–water partition coefficient (Wildman–Crippen LogP) is 11.1. The molecule has 0 fully saturated rings. The van der Waals surface area contributed by atoms with E-state index in [1.807, 2.05) is 42.5 Å². The van der Waals surface area contributed by atoms with E-state index in [-0.39, 0.29) is 24.3 Å². The molecule has 0 aliphatic carbocycles. The fourth-order valence-corrected chi connectivity index (χ4v) is 14.0. The van der Waals surface area contributed by atoms with Crippen molar-refractivity contribution in [3.63, 3.8) is 0 Å². The van der Waals surface area contributed by atoms with Gasteiger partial charge >= 0.3 is 0 Å². The number of allylic oxidation sites excluding steroid dienone is 5. The predicted molar refractivity (Wildman–Crippen MR) is 305 cm³/mol. The van der Waals surface area contributed by atoms with E-state index in [4.69, 9.17) is 14.2 Å². The summed E-state index contributed by atoms with van der Waals surface area (Å²) >= 11 is 4.97. The van der Waals surface area contributed by atoms with Crippen LogP contribution < -0.4 is 19.3 Å². The molecule has 2 N–H and O–H groups in total. The molecule has 0 saturated carbocycles. The van der Waals surface area contributed by atoms with Crippen molar-refractivity contribution in [3.8, 4) is 0 Å². The van der Waals surface area contributed by atoms with Crippen LogP contribution in [0, 0.1) is 0 Å². The normalized spacial score (nSPS) is 15.6. The Morgan fingerprint density at radius 2 is 1.25 bits per heavy atom. The molecule has 3 aliphatic rings. The second kappa shape index (κ2) is 24.1. The number of nitrogens with zero attached hydrogens (tertiary/aromatic N) is 4. The lowest BCUT2D eigenvalue weighted by Gasteiger charge is -2.21. The zero-order chi connectivity index (χ0) is 51.8. The van der Waals surface area contributed by atoms with E-state index in [1.165, 1.54) is 10.5 Å². The van der Waals surface area contributed by atoms with Crippen molar-refractivity contribution < 1.29 is 44.7 Å². The number of para-hydroxylation sites is 2. The van der Waals surface area contributed by atoms with Crippen molar-refractivity contribution in [3.05, 3.63) is 178 Å². The molecule has 10 rings (SSSR count). The SMILES string of the molecule is O=S(=O)(O)CCCN1C(=C=C/C=C2/Cc3ccccc3N2CCOCCOCCOCCN2/C(=C\C=C\c3sc4ccc5ccccc5c4[n+]3CCCS(=O)(=O)O)Sc3ccccc32)Sc2ccc3ccccc3c21. The maximum atomic E-state index is 11.6. The second-order valence-corrected chi connectivity index (χ2v) is 24.3. The zero-order valence-corrected chi connectivity index (χ0v) is 45.2. The minimum atomic E-state index is -4.09. The van der Waals surface area contributed by atoms with Gasteiger partial charge in [0.2, 0.25) is 5.52 Å². The molecule has 0 spiro atoms. The first-order valence-electron chi connectivity index (χ1n) is 24.9. The maximum Gasteiger partial charge on any atom is 0.265 e. The molecule has 0 bridgehead atoms. The standard InChI is InChI=1S/C57H56N4O9S5/c62-74(63,64)39-11-29-60-54(72-51-27-25-42-13-1-4-17-46(42)56(51)60)22-9-16-45-41-44-15-3-6-19-48(44)58(45)31-33-68-35-37-70-38-36-69-34-32-59-49-20-7-8-21-50(49)71-53(59)23-10-24-55-61(30-12-40-75(65,66)67)57-47-18-5-2-14-43(47)26-28-52(57)73-55/h1-10,13-21,23-28H,11-12,29-41H2,(H-,62,63,64,65,66,67)/p+1/b45-16-. The number of rotatable bonds is 23. The van der Waals surface area contributed by atoms with Crippen LogP contribution in [0.25, 0.3) is 37.8 Å². The Kier molecular flexibility index (Phi) is 16.9. The van der Waals surface area contributed by atoms with Crippen molar-refractivity contribution in [1.29, 1.82) is 0 Å². The van der Waals surface area contributed by atoms with E-state index in [2.05, 4.69) is 134 Å². The Labute approximate surface area is 450 Å². The number of hydrogen-bond acceptors (Lipinski definition) is 13. The lowest BCUT2D eigenvalue weighted by atomic mass is 10.1. The number of benzene rings is 6. The molecule has 0 saturated heterocycles. The Morgan fingerprint density at radius 1 is 0.613 bits per heavy atom. The summed E-state index contributed by atoms with van der Waals surface area (Å²) < 4.78 is 86.7. The molecule has 1 aromatic heterocycles. The molecule has 388 valence electrons. The van der Waals surface area contributed by atoms with E-state index in [1.54, 1.807) is 34.9 Å².